The SMILES string of the molecule is CCC(C)N1C(=O)S/C(=C\c2cc3c(cc2OC)N(CC)C(C)(C)CC3C)C1=O. The molecule has 5 nitrogen and oxygen atoms in total. The van der Waals surface area contributed by atoms with Gasteiger partial charge in [-0.15, -0.1) is 0 Å². The van der Waals surface area contributed by atoms with Crippen LogP contribution in [0, 0.1) is 0 Å². The van der Waals surface area contributed by atoms with Gasteiger partial charge in [-0.3, -0.25) is 14.5 Å². The van der Waals surface area contributed by atoms with Crippen LogP contribution in [0.1, 0.15) is 71.4 Å². The Bertz CT molecular complexity index is 862. The highest BCUT2D eigenvalue weighted by Crippen LogP contribution is 2.46. The Morgan fingerprint density at radius 2 is 2.00 bits per heavy atom. The third-order valence-electron chi connectivity index (χ3n) is 6.20. The van der Waals surface area contributed by atoms with Gasteiger partial charge in [0.1, 0.15) is 5.75 Å². The molecule has 2 amide bonds. The molecule has 0 spiro atoms. The van der Waals surface area contributed by atoms with Crippen LogP contribution < -0.4 is 9.64 Å². The van der Waals surface area contributed by atoms with Gasteiger partial charge in [0, 0.05) is 35.4 Å². The molecule has 0 N–H and O–H groups in total. The fourth-order valence-electron chi connectivity index (χ4n) is 4.60. The van der Waals surface area contributed by atoms with E-state index >= 15 is 0 Å². The van der Waals surface area contributed by atoms with Crippen molar-refractivity contribution in [2.75, 3.05) is 18.6 Å². The number of benzene rings is 1. The summed E-state index contributed by atoms with van der Waals surface area (Å²) < 4.78 is 5.69. The molecule has 1 fully saturated rings. The molecule has 1 aromatic carbocycles. The number of anilines is 1. The zero-order valence-corrected chi connectivity index (χ0v) is 19.4. The van der Waals surface area contributed by atoms with Gasteiger partial charge in [-0.2, -0.15) is 0 Å². The predicted molar refractivity (Wildman–Crippen MR) is 121 cm³/mol. The molecule has 0 aliphatic carbocycles. The quantitative estimate of drug-likeness (QED) is 0.581. The normalized spacial score (nSPS) is 23.6. The number of hydrogen-bond acceptors (Lipinski definition) is 5. The second kappa shape index (κ2) is 8.05. The number of carbonyl (C=O) groups excluding carboxylic acids is 2. The minimum absolute atomic E-state index is 0.0760. The Morgan fingerprint density at radius 1 is 1.31 bits per heavy atom. The summed E-state index contributed by atoms with van der Waals surface area (Å²) in [6.07, 6.45) is 3.62. The highest BCUT2D eigenvalue weighted by Gasteiger charge is 2.39. The van der Waals surface area contributed by atoms with E-state index in [1.54, 1.807) is 7.11 Å². The first kappa shape index (κ1) is 21.8. The van der Waals surface area contributed by atoms with Gasteiger partial charge >= 0.3 is 0 Å². The van der Waals surface area contributed by atoms with Crippen molar-refractivity contribution in [3.05, 3.63) is 28.2 Å². The first-order valence-corrected chi connectivity index (χ1v) is 11.2. The van der Waals surface area contributed by atoms with Crippen LogP contribution in [0.5, 0.6) is 5.75 Å². The van der Waals surface area contributed by atoms with Crippen molar-refractivity contribution in [2.24, 2.45) is 0 Å². The maximum atomic E-state index is 12.8. The minimum Gasteiger partial charge on any atom is -0.496 e. The zero-order chi connectivity index (χ0) is 21.5. The molecular weight excluding hydrogens is 384 g/mol. The van der Waals surface area contributed by atoms with Crippen molar-refractivity contribution in [1.82, 2.24) is 4.90 Å². The standard InChI is InChI=1S/C23H32N2O3S/c1-8-15(4)25-21(26)20(29-22(25)27)11-16-10-17-14(3)13-23(5,6)24(9-2)18(17)12-19(16)28-7/h10-12,14-15H,8-9,13H2,1-7H3/b20-11-. The van der Waals surface area contributed by atoms with Crippen LogP contribution >= 0.6 is 11.8 Å². The van der Waals surface area contributed by atoms with E-state index < -0.39 is 0 Å². The fourth-order valence-corrected chi connectivity index (χ4v) is 5.52. The van der Waals surface area contributed by atoms with E-state index in [0.717, 1.165) is 42.5 Å². The van der Waals surface area contributed by atoms with E-state index in [0.29, 0.717) is 10.8 Å². The van der Waals surface area contributed by atoms with Gasteiger partial charge < -0.3 is 9.64 Å². The lowest BCUT2D eigenvalue weighted by atomic mass is 9.79. The van der Waals surface area contributed by atoms with Gasteiger partial charge in [0.2, 0.25) is 0 Å². The molecule has 158 valence electrons. The Labute approximate surface area is 178 Å². The summed E-state index contributed by atoms with van der Waals surface area (Å²) in [6, 6.07) is 4.12. The van der Waals surface area contributed by atoms with E-state index in [9.17, 15) is 9.59 Å². The molecule has 2 unspecified atom stereocenters. The maximum Gasteiger partial charge on any atom is 0.293 e. The molecule has 2 atom stereocenters. The summed E-state index contributed by atoms with van der Waals surface area (Å²) in [5.74, 6) is 0.914. The maximum absolute atomic E-state index is 12.8. The van der Waals surface area contributed by atoms with Crippen LogP contribution in [0.4, 0.5) is 10.5 Å². The smallest absolute Gasteiger partial charge is 0.293 e. The molecule has 2 aliphatic heterocycles. The molecule has 0 radical (unpaired) electrons. The first-order chi connectivity index (χ1) is 13.6. The van der Waals surface area contributed by atoms with E-state index in [-0.39, 0.29) is 22.7 Å². The summed E-state index contributed by atoms with van der Waals surface area (Å²) >= 11 is 1.02. The van der Waals surface area contributed by atoms with Crippen LogP contribution in [0.3, 0.4) is 0 Å². The van der Waals surface area contributed by atoms with Crippen molar-refractivity contribution in [1.29, 1.82) is 0 Å². The number of rotatable bonds is 5. The van der Waals surface area contributed by atoms with Gasteiger partial charge in [-0.25, -0.2) is 0 Å². The number of ether oxygens (including phenoxy) is 1. The summed E-state index contributed by atoms with van der Waals surface area (Å²) in [6.45, 7) is 13.8. The minimum atomic E-state index is -0.210. The molecular formula is C23H32N2O3S. The van der Waals surface area contributed by atoms with E-state index in [1.165, 1.54) is 16.2 Å². The van der Waals surface area contributed by atoms with Gasteiger partial charge in [-0.1, -0.05) is 13.8 Å². The lowest BCUT2D eigenvalue weighted by Crippen LogP contribution is -2.48. The second-order valence-corrected chi connectivity index (χ2v) is 9.62. The third kappa shape index (κ3) is 3.79. The van der Waals surface area contributed by atoms with Crippen molar-refractivity contribution < 1.29 is 14.3 Å². The van der Waals surface area contributed by atoms with Crippen LogP contribution in [0.25, 0.3) is 6.08 Å². The summed E-state index contributed by atoms with van der Waals surface area (Å²) in [4.78, 5) is 29.4. The fraction of sp³-hybridized carbons (Fsp3) is 0.565. The molecule has 3 rings (SSSR count). The topological polar surface area (TPSA) is 49.9 Å². The van der Waals surface area contributed by atoms with Gasteiger partial charge in [-0.05, 0) is 75.9 Å². The highest BCUT2D eigenvalue weighted by molar-refractivity contribution is 8.18. The third-order valence-corrected chi connectivity index (χ3v) is 7.08. The number of fused-ring (bicyclic) bond motifs is 1. The first-order valence-electron chi connectivity index (χ1n) is 10.4. The predicted octanol–water partition coefficient (Wildman–Crippen LogP) is 5.64. The van der Waals surface area contributed by atoms with Crippen LogP contribution in [0.2, 0.25) is 0 Å². The Balaban J connectivity index is 2.06. The average molecular weight is 417 g/mol. The molecule has 1 aromatic rings. The molecule has 0 aromatic heterocycles. The summed E-state index contributed by atoms with van der Waals surface area (Å²) in [7, 11) is 1.65. The monoisotopic (exact) mass is 416 g/mol. The molecule has 0 bridgehead atoms. The molecule has 29 heavy (non-hydrogen) atoms. The highest BCUT2D eigenvalue weighted by atomic mass is 32.2. The molecule has 6 heteroatoms. The lowest BCUT2D eigenvalue weighted by molar-refractivity contribution is -0.124. The Hall–Kier alpha value is -1.95. The summed E-state index contributed by atoms with van der Waals surface area (Å²) in [5.41, 5.74) is 3.38. The largest absolute Gasteiger partial charge is 0.496 e. The second-order valence-electron chi connectivity index (χ2n) is 8.62. The molecule has 1 saturated heterocycles. The van der Waals surface area contributed by atoms with Gasteiger partial charge in [0.05, 0.1) is 12.0 Å². The van der Waals surface area contributed by atoms with Gasteiger partial charge in [0.15, 0.2) is 0 Å². The van der Waals surface area contributed by atoms with Crippen LogP contribution in [-0.2, 0) is 4.79 Å². The lowest BCUT2D eigenvalue weighted by Gasteiger charge is -2.47. The van der Waals surface area contributed by atoms with Crippen molar-refractivity contribution in [2.45, 2.75) is 71.9 Å². The van der Waals surface area contributed by atoms with Crippen molar-refractivity contribution >= 4 is 34.7 Å². The Morgan fingerprint density at radius 3 is 2.59 bits per heavy atom. The summed E-state index contributed by atoms with van der Waals surface area (Å²) in [5, 5.41) is -0.195. The molecule has 2 heterocycles. The number of methoxy groups -OCH3 is 1. The Kier molecular flexibility index (Phi) is 6.04. The van der Waals surface area contributed by atoms with Crippen LogP contribution in [0.15, 0.2) is 17.0 Å². The number of imide groups is 1. The number of hydrogen-bond donors (Lipinski definition) is 0. The number of carbonyl (C=O) groups is 2. The van der Waals surface area contributed by atoms with E-state index in [1.807, 2.05) is 19.9 Å². The van der Waals surface area contributed by atoms with Gasteiger partial charge in [0.25, 0.3) is 11.1 Å². The number of thioether (sulfide) groups is 1. The van der Waals surface area contributed by atoms with Crippen molar-refractivity contribution in [3.8, 4) is 5.75 Å². The molecule has 2 aliphatic rings. The number of nitrogens with zero attached hydrogens (tertiary/aromatic N) is 2. The zero-order valence-electron chi connectivity index (χ0n) is 18.5. The molecule has 0 saturated carbocycles. The van der Waals surface area contributed by atoms with Crippen molar-refractivity contribution in [3.63, 3.8) is 0 Å². The van der Waals surface area contributed by atoms with E-state index in [4.69, 9.17) is 4.74 Å². The van der Waals surface area contributed by atoms with E-state index in [2.05, 4.69) is 44.7 Å². The van der Waals surface area contributed by atoms with Crippen LogP contribution in [-0.4, -0.2) is 41.3 Å². The number of amides is 2. The average Bonchev–Trinajstić information content (AvgIpc) is 2.94.